The van der Waals surface area contributed by atoms with Crippen molar-refractivity contribution in [2.45, 2.75) is 51.2 Å². The van der Waals surface area contributed by atoms with Gasteiger partial charge in [0.1, 0.15) is 6.10 Å². The van der Waals surface area contributed by atoms with Gasteiger partial charge >= 0.3 is 5.97 Å². The lowest BCUT2D eigenvalue weighted by Crippen LogP contribution is -2.36. The number of hydrogen-bond acceptors (Lipinski definition) is 6. The molecule has 0 amide bonds. The zero-order valence-corrected chi connectivity index (χ0v) is 18.8. The van der Waals surface area contributed by atoms with Crippen LogP contribution in [0, 0.1) is 5.82 Å². The highest BCUT2D eigenvalue weighted by molar-refractivity contribution is 6.15. The molecule has 0 saturated heterocycles. The number of rotatable bonds is 6. The summed E-state index contributed by atoms with van der Waals surface area (Å²) < 4.78 is 36.5. The van der Waals surface area contributed by atoms with Crippen molar-refractivity contribution in [2.24, 2.45) is 4.99 Å². The molecule has 0 spiro atoms. The molecule has 4 rings (SSSR count). The number of carbonyl (C=O) groups excluding carboxylic acids is 1. The topological polar surface area (TPSA) is 66.3 Å². The van der Waals surface area contributed by atoms with E-state index in [9.17, 15) is 9.18 Å². The highest BCUT2D eigenvalue weighted by atomic mass is 19.1. The standard InChI is InChI=1S/C25H28FNO5/c1-5-31-24-12-17-18-11-16(32-14(2)28)7-8-21(18)27-25(19(17)13-23(24)30-4)15-6-9-22(29-3)20(26)10-15/h6,9-10,12-13,16,18,21H,5,7-8,11H2,1-4H3. The van der Waals surface area contributed by atoms with Crippen LogP contribution in [0.15, 0.2) is 35.3 Å². The fourth-order valence-corrected chi connectivity index (χ4v) is 4.74. The molecule has 3 unspecified atom stereocenters. The predicted molar refractivity (Wildman–Crippen MR) is 119 cm³/mol. The molecule has 0 radical (unpaired) electrons. The van der Waals surface area contributed by atoms with Crippen LogP contribution >= 0.6 is 0 Å². The number of carbonyl (C=O) groups is 1. The number of methoxy groups -OCH3 is 2. The molecule has 1 aliphatic heterocycles. The largest absolute Gasteiger partial charge is 0.494 e. The van der Waals surface area contributed by atoms with Gasteiger partial charge in [0.05, 0.1) is 32.6 Å². The van der Waals surface area contributed by atoms with Crippen LogP contribution in [-0.2, 0) is 9.53 Å². The lowest BCUT2D eigenvalue weighted by Gasteiger charge is -2.38. The fourth-order valence-electron chi connectivity index (χ4n) is 4.74. The van der Waals surface area contributed by atoms with Crippen LogP contribution in [0.3, 0.4) is 0 Å². The first-order chi connectivity index (χ1) is 15.4. The van der Waals surface area contributed by atoms with Crippen LogP contribution in [0.2, 0.25) is 0 Å². The maximum absolute atomic E-state index is 14.5. The van der Waals surface area contributed by atoms with Crippen LogP contribution in [-0.4, -0.2) is 44.7 Å². The van der Waals surface area contributed by atoms with E-state index in [1.165, 1.54) is 20.1 Å². The molecule has 1 saturated carbocycles. The van der Waals surface area contributed by atoms with Gasteiger partial charge in [-0.25, -0.2) is 4.39 Å². The molecule has 6 nitrogen and oxygen atoms in total. The van der Waals surface area contributed by atoms with Crippen molar-refractivity contribution in [3.63, 3.8) is 0 Å². The predicted octanol–water partition coefficient (Wildman–Crippen LogP) is 4.66. The number of benzene rings is 2. The molecule has 0 N–H and O–H groups in total. The Kier molecular flexibility index (Phi) is 6.35. The maximum atomic E-state index is 14.5. The van der Waals surface area contributed by atoms with Gasteiger partial charge in [-0.3, -0.25) is 9.79 Å². The van der Waals surface area contributed by atoms with Crippen molar-refractivity contribution in [3.8, 4) is 17.2 Å². The minimum atomic E-state index is -0.437. The van der Waals surface area contributed by atoms with Crippen molar-refractivity contribution < 1.29 is 28.1 Å². The van der Waals surface area contributed by atoms with E-state index < -0.39 is 5.82 Å². The molecule has 0 aromatic heterocycles. The van der Waals surface area contributed by atoms with E-state index >= 15 is 0 Å². The Morgan fingerprint density at radius 2 is 1.88 bits per heavy atom. The molecule has 2 aliphatic rings. The van der Waals surface area contributed by atoms with Gasteiger partial charge in [0.25, 0.3) is 0 Å². The van der Waals surface area contributed by atoms with Crippen molar-refractivity contribution in [1.29, 1.82) is 0 Å². The number of halogens is 1. The molecule has 1 heterocycles. The smallest absolute Gasteiger partial charge is 0.302 e. The third kappa shape index (κ3) is 4.16. The number of ether oxygens (including phenoxy) is 4. The second-order valence-electron chi connectivity index (χ2n) is 8.07. The minimum absolute atomic E-state index is 0.0114. The number of nitrogens with zero attached hydrogens (tertiary/aromatic N) is 1. The second kappa shape index (κ2) is 9.18. The molecule has 2 aromatic carbocycles. The number of hydrogen-bond donors (Lipinski definition) is 0. The van der Waals surface area contributed by atoms with Crippen molar-refractivity contribution >= 4 is 11.7 Å². The number of aliphatic imine (C=N–C) groups is 1. The third-order valence-electron chi connectivity index (χ3n) is 6.11. The number of esters is 1. The average Bonchev–Trinajstić information content (AvgIpc) is 2.78. The van der Waals surface area contributed by atoms with Gasteiger partial charge in [0.15, 0.2) is 23.1 Å². The molecule has 2 aromatic rings. The molecule has 1 aliphatic carbocycles. The molecular formula is C25H28FNO5. The van der Waals surface area contributed by atoms with Crippen LogP contribution in [0.1, 0.15) is 55.7 Å². The first-order valence-corrected chi connectivity index (χ1v) is 10.9. The Bertz CT molecular complexity index is 1050. The van der Waals surface area contributed by atoms with Crippen LogP contribution in [0.4, 0.5) is 4.39 Å². The van der Waals surface area contributed by atoms with E-state index in [1.807, 2.05) is 25.1 Å². The molecular weight excluding hydrogens is 413 g/mol. The SMILES string of the molecule is CCOc1cc2c(cc1OC)C(c1ccc(OC)c(F)c1)=NC1CCC(OC(C)=O)CC21. The summed E-state index contributed by atoms with van der Waals surface area (Å²) in [6, 6.07) is 8.81. The molecule has 0 bridgehead atoms. The van der Waals surface area contributed by atoms with E-state index in [2.05, 4.69) is 0 Å². The van der Waals surface area contributed by atoms with Gasteiger partial charge in [0.2, 0.25) is 0 Å². The van der Waals surface area contributed by atoms with E-state index in [4.69, 9.17) is 23.9 Å². The monoisotopic (exact) mass is 441 g/mol. The maximum Gasteiger partial charge on any atom is 0.302 e. The van der Waals surface area contributed by atoms with E-state index in [1.54, 1.807) is 13.2 Å². The first kappa shape index (κ1) is 22.1. The summed E-state index contributed by atoms with van der Waals surface area (Å²) in [7, 11) is 3.04. The van der Waals surface area contributed by atoms with Gasteiger partial charge < -0.3 is 18.9 Å². The van der Waals surface area contributed by atoms with Crippen molar-refractivity contribution in [3.05, 3.63) is 52.8 Å². The zero-order valence-electron chi connectivity index (χ0n) is 18.8. The van der Waals surface area contributed by atoms with Gasteiger partial charge in [-0.1, -0.05) is 0 Å². The fraction of sp³-hybridized carbons (Fsp3) is 0.440. The summed E-state index contributed by atoms with van der Waals surface area (Å²) >= 11 is 0. The molecule has 170 valence electrons. The Hall–Kier alpha value is -3.09. The quantitative estimate of drug-likeness (QED) is 0.610. The first-order valence-electron chi connectivity index (χ1n) is 10.9. The Morgan fingerprint density at radius 1 is 1.09 bits per heavy atom. The van der Waals surface area contributed by atoms with Crippen LogP contribution in [0.25, 0.3) is 0 Å². The van der Waals surface area contributed by atoms with Crippen molar-refractivity contribution in [2.75, 3.05) is 20.8 Å². The highest BCUT2D eigenvalue weighted by Gasteiger charge is 2.38. The molecule has 3 atom stereocenters. The van der Waals surface area contributed by atoms with E-state index in [0.29, 0.717) is 30.1 Å². The highest BCUT2D eigenvalue weighted by Crippen LogP contribution is 2.45. The summed E-state index contributed by atoms with van der Waals surface area (Å²) in [5, 5.41) is 0. The van der Waals surface area contributed by atoms with E-state index in [0.717, 1.165) is 29.7 Å². The van der Waals surface area contributed by atoms with Gasteiger partial charge in [-0.15, -0.1) is 0 Å². The summed E-state index contributed by atoms with van der Waals surface area (Å²) in [4.78, 5) is 16.6. The summed E-state index contributed by atoms with van der Waals surface area (Å²) in [6.07, 6.45) is 2.07. The zero-order chi connectivity index (χ0) is 22.8. The molecule has 1 fully saturated rings. The molecule has 7 heteroatoms. The summed E-state index contributed by atoms with van der Waals surface area (Å²) in [5.74, 6) is 0.803. The van der Waals surface area contributed by atoms with Crippen LogP contribution < -0.4 is 14.2 Å². The Morgan fingerprint density at radius 3 is 2.53 bits per heavy atom. The second-order valence-corrected chi connectivity index (χ2v) is 8.07. The van der Waals surface area contributed by atoms with Crippen LogP contribution in [0.5, 0.6) is 17.2 Å². The summed E-state index contributed by atoms with van der Waals surface area (Å²) in [6.45, 7) is 3.86. The summed E-state index contributed by atoms with van der Waals surface area (Å²) in [5.41, 5.74) is 3.32. The van der Waals surface area contributed by atoms with Crippen molar-refractivity contribution in [1.82, 2.24) is 0 Å². The third-order valence-corrected chi connectivity index (χ3v) is 6.11. The van der Waals surface area contributed by atoms with Gasteiger partial charge in [-0.05, 0) is 62.1 Å². The minimum Gasteiger partial charge on any atom is -0.494 e. The Labute approximate surface area is 187 Å². The molecule has 32 heavy (non-hydrogen) atoms. The lowest BCUT2D eigenvalue weighted by atomic mass is 9.74. The van der Waals surface area contributed by atoms with Gasteiger partial charge in [-0.2, -0.15) is 0 Å². The lowest BCUT2D eigenvalue weighted by molar-refractivity contribution is -0.148. The normalized spacial score (nSPS) is 21.7. The Balaban J connectivity index is 1.83. The van der Waals surface area contributed by atoms with Gasteiger partial charge in [0, 0.05) is 24.0 Å². The van der Waals surface area contributed by atoms with E-state index in [-0.39, 0.29) is 29.8 Å². The number of fused-ring (bicyclic) bond motifs is 3. The average molecular weight is 441 g/mol.